The number of nitrogens with one attached hydrogen (secondary N) is 1. The van der Waals surface area contributed by atoms with Gasteiger partial charge in [0.1, 0.15) is 5.75 Å². The van der Waals surface area contributed by atoms with Gasteiger partial charge in [0, 0.05) is 4.90 Å². The third kappa shape index (κ3) is 5.12. The van der Waals surface area contributed by atoms with Crippen LogP contribution < -0.4 is 10.1 Å². The van der Waals surface area contributed by atoms with Crippen LogP contribution in [0.4, 0.5) is 5.69 Å². The number of ether oxygens (including phenoxy) is 1. The number of carbonyl (C=O) groups excluding carboxylic acids is 1. The van der Waals surface area contributed by atoms with Crippen molar-refractivity contribution >= 4 is 35.0 Å². The number of aryl methyl sites for hydroxylation is 1. The van der Waals surface area contributed by atoms with Gasteiger partial charge in [0.25, 0.3) is 5.91 Å². The van der Waals surface area contributed by atoms with Crippen LogP contribution in [-0.2, 0) is 6.54 Å². The van der Waals surface area contributed by atoms with Crippen molar-refractivity contribution in [2.24, 2.45) is 0 Å². The van der Waals surface area contributed by atoms with E-state index in [1.54, 1.807) is 30.0 Å². The highest BCUT2D eigenvalue weighted by Crippen LogP contribution is 2.34. The molecule has 0 saturated heterocycles. The molecule has 1 aromatic heterocycles. The van der Waals surface area contributed by atoms with Gasteiger partial charge in [-0.05, 0) is 60.1 Å². The summed E-state index contributed by atoms with van der Waals surface area (Å²) in [5.41, 5.74) is 3.41. The van der Waals surface area contributed by atoms with Crippen LogP contribution >= 0.6 is 23.4 Å². The van der Waals surface area contributed by atoms with Crippen molar-refractivity contribution < 1.29 is 9.53 Å². The van der Waals surface area contributed by atoms with Gasteiger partial charge in [0.2, 0.25) is 5.28 Å². The van der Waals surface area contributed by atoms with E-state index >= 15 is 0 Å². The van der Waals surface area contributed by atoms with Crippen molar-refractivity contribution in [3.05, 3.63) is 94.8 Å². The number of methoxy groups -OCH3 is 1. The normalized spacial score (nSPS) is 10.7. The third-order valence-corrected chi connectivity index (χ3v) is 5.97. The summed E-state index contributed by atoms with van der Waals surface area (Å²) < 4.78 is 7.07. The quantitative estimate of drug-likeness (QED) is 0.380. The van der Waals surface area contributed by atoms with Crippen molar-refractivity contribution in [3.63, 3.8) is 0 Å². The average molecular weight is 465 g/mol. The molecule has 6 nitrogen and oxygen atoms in total. The Morgan fingerprint density at radius 3 is 2.56 bits per heavy atom. The Labute approximate surface area is 195 Å². The molecule has 0 fully saturated rings. The van der Waals surface area contributed by atoms with Crippen LogP contribution in [0.2, 0.25) is 5.28 Å². The lowest BCUT2D eigenvalue weighted by Gasteiger charge is -2.12. The first-order valence-corrected chi connectivity index (χ1v) is 11.1. The molecule has 1 amide bonds. The number of anilines is 1. The Bertz CT molecular complexity index is 1240. The third-order valence-electron chi connectivity index (χ3n) is 4.75. The van der Waals surface area contributed by atoms with Gasteiger partial charge in [-0.1, -0.05) is 54.1 Å². The summed E-state index contributed by atoms with van der Waals surface area (Å²) in [7, 11) is 1.54. The Morgan fingerprint density at radius 1 is 1.06 bits per heavy atom. The van der Waals surface area contributed by atoms with Crippen LogP contribution in [0.25, 0.3) is 0 Å². The molecule has 0 atom stereocenters. The molecule has 4 aromatic rings. The molecule has 0 unspecified atom stereocenters. The molecule has 32 heavy (non-hydrogen) atoms. The molecular weight excluding hydrogens is 444 g/mol. The van der Waals surface area contributed by atoms with Gasteiger partial charge < -0.3 is 10.1 Å². The molecule has 0 aliphatic rings. The van der Waals surface area contributed by atoms with Crippen LogP contribution in [0, 0.1) is 6.92 Å². The van der Waals surface area contributed by atoms with E-state index in [9.17, 15) is 4.79 Å². The molecule has 0 aliphatic heterocycles. The van der Waals surface area contributed by atoms with Crippen LogP contribution in [-0.4, -0.2) is 27.8 Å². The fourth-order valence-electron chi connectivity index (χ4n) is 3.13. The highest BCUT2D eigenvalue weighted by Gasteiger charge is 2.16. The second-order valence-electron chi connectivity index (χ2n) is 7.06. The maximum atomic E-state index is 12.9. The zero-order chi connectivity index (χ0) is 22.5. The number of hydrogen-bond donors (Lipinski definition) is 1. The van der Waals surface area contributed by atoms with Gasteiger partial charge in [-0.3, -0.25) is 4.79 Å². The number of aromatic nitrogens is 3. The number of rotatable bonds is 7. The molecule has 0 spiro atoms. The predicted molar refractivity (Wildman–Crippen MR) is 127 cm³/mol. The molecule has 3 aromatic carbocycles. The summed E-state index contributed by atoms with van der Waals surface area (Å²) >= 11 is 7.51. The lowest BCUT2D eigenvalue weighted by Crippen LogP contribution is -2.13. The zero-order valence-electron chi connectivity index (χ0n) is 17.6. The first kappa shape index (κ1) is 21.9. The molecule has 0 bridgehead atoms. The van der Waals surface area contributed by atoms with Crippen molar-refractivity contribution in [3.8, 4) is 5.75 Å². The lowest BCUT2D eigenvalue weighted by atomic mass is 10.1. The van der Waals surface area contributed by atoms with Crippen LogP contribution in [0.1, 0.15) is 21.5 Å². The van der Waals surface area contributed by atoms with Crippen molar-refractivity contribution in [2.75, 3.05) is 12.4 Å². The number of amides is 1. The molecule has 0 radical (unpaired) electrons. The Balaban J connectivity index is 1.57. The van der Waals surface area contributed by atoms with E-state index in [1.807, 2.05) is 37.3 Å². The summed E-state index contributed by atoms with van der Waals surface area (Å²) in [6.45, 7) is 2.59. The molecular formula is C24H21ClN4O2S. The lowest BCUT2D eigenvalue weighted by molar-refractivity contribution is 0.102. The van der Waals surface area contributed by atoms with Gasteiger partial charge in [0.05, 0.1) is 24.9 Å². The largest absolute Gasteiger partial charge is 0.496 e. The zero-order valence-corrected chi connectivity index (χ0v) is 19.2. The minimum absolute atomic E-state index is 0.176. The Kier molecular flexibility index (Phi) is 6.78. The molecule has 0 aliphatic carbocycles. The SMILES string of the molecule is COc1ccccc1C(=O)Nc1ccccc1Sc1nc(Cl)nn1Cc1ccc(C)cc1. The van der Waals surface area contributed by atoms with E-state index in [1.165, 1.54) is 17.3 Å². The Hall–Kier alpha value is -3.29. The summed E-state index contributed by atoms with van der Waals surface area (Å²) in [5, 5.41) is 8.12. The number of para-hydroxylation sites is 2. The first-order valence-electron chi connectivity index (χ1n) is 9.90. The number of halogens is 1. The second kappa shape index (κ2) is 9.89. The first-order chi connectivity index (χ1) is 15.5. The van der Waals surface area contributed by atoms with Crippen molar-refractivity contribution in [2.45, 2.75) is 23.5 Å². The van der Waals surface area contributed by atoms with E-state index in [4.69, 9.17) is 16.3 Å². The minimum atomic E-state index is -0.255. The minimum Gasteiger partial charge on any atom is -0.496 e. The second-order valence-corrected chi connectivity index (χ2v) is 8.41. The van der Waals surface area contributed by atoms with E-state index in [0.717, 1.165) is 10.5 Å². The molecule has 0 saturated carbocycles. The number of hydrogen-bond acceptors (Lipinski definition) is 5. The van der Waals surface area contributed by atoms with Crippen LogP contribution in [0.15, 0.2) is 82.8 Å². The maximum absolute atomic E-state index is 12.9. The number of nitrogens with zero attached hydrogens (tertiary/aromatic N) is 3. The summed E-state index contributed by atoms with van der Waals surface area (Å²) in [6, 6.07) is 22.9. The Morgan fingerprint density at radius 2 is 1.78 bits per heavy atom. The fraction of sp³-hybridized carbons (Fsp3) is 0.125. The predicted octanol–water partition coefficient (Wildman–Crippen LogP) is 5.70. The van der Waals surface area contributed by atoms with Gasteiger partial charge in [-0.15, -0.1) is 5.10 Å². The average Bonchev–Trinajstić information content (AvgIpc) is 3.15. The van der Waals surface area contributed by atoms with Crippen LogP contribution in [0.3, 0.4) is 0 Å². The summed E-state index contributed by atoms with van der Waals surface area (Å²) in [5.74, 6) is 0.259. The van der Waals surface area contributed by atoms with E-state index in [-0.39, 0.29) is 11.2 Å². The van der Waals surface area contributed by atoms with Gasteiger partial charge in [0.15, 0.2) is 5.16 Å². The molecule has 8 heteroatoms. The molecule has 1 N–H and O–H groups in total. The molecule has 4 rings (SSSR count). The van der Waals surface area contributed by atoms with E-state index in [0.29, 0.717) is 28.7 Å². The fourth-order valence-corrected chi connectivity index (χ4v) is 4.26. The van der Waals surface area contributed by atoms with Crippen molar-refractivity contribution in [1.82, 2.24) is 14.8 Å². The summed E-state index contributed by atoms with van der Waals surface area (Å²) in [6.07, 6.45) is 0. The monoisotopic (exact) mass is 464 g/mol. The van der Waals surface area contributed by atoms with Gasteiger partial charge in [-0.25, -0.2) is 4.68 Å². The highest BCUT2D eigenvalue weighted by atomic mass is 35.5. The van der Waals surface area contributed by atoms with Crippen molar-refractivity contribution in [1.29, 1.82) is 0 Å². The van der Waals surface area contributed by atoms with Gasteiger partial charge >= 0.3 is 0 Å². The van der Waals surface area contributed by atoms with E-state index < -0.39 is 0 Å². The smallest absolute Gasteiger partial charge is 0.259 e. The highest BCUT2D eigenvalue weighted by molar-refractivity contribution is 7.99. The van der Waals surface area contributed by atoms with E-state index in [2.05, 4.69) is 39.7 Å². The maximum Gasteiger partial charge on any atom is 0.259 e. The van der Waals surface area contributed by atoms with Crippen LogP contribution in [0.5, 0.6) is 5.75 Å². The van der Waals surface area contributed by atoms with Gasteiger partial charge in [-0.2, -0.15) is 4.98 Å². The topological polar surface area (TPSA) is 69.0 Å². The standard InChI is InChI=1S/C24H21ClN4O2S/c1-16-11-13-17(14-12-16)15-29-24(27-23(25)28-29)32-21-10-6-4-8-19(21)26-22(30)18-7-3-5-9-20(18)31-2/h3-14H,15H2,1-2H3,(H,26,30). The molecule has 1 heterocycles. The summed E-state index contributed by atoms with van der Waals surface area (Å²) in [4.78, 5) is 18.1. The molecule has 162 valence electrons. The number of benzene rings is 3. The number of carbonyl (C=O) groups is 1.